The lowest BCUT2D eigenvalue weighted by atomic mass is 10.0. The normalized spacial score (nSPS) is 11.3. The van der Waals surface area contributed by atoms with Gasteiger partial charge in [-0.3, -0.25) is 9.78 Å². The summed E-state index contributed by atoms with van der Waals surface area (Å²) in [6.45, 7) is 4.33. The number of fused-ring (bicyclic) bond motifs is 1. The zero-order valence-corrected chi connectivity index (χ0v) is 22.9. The Hall–Kier alpha value is -3.98. The molecule has 0 aliphatic heterocycles. The van der Waals surface area contributed by atoms with Gasteiger partial charge in [-0.25, -0.2) is 4.98 Å². The molecule has 0 unspecified atom stereocenters. The molecular formula is C30H30ClN5O3. The Morgan fingerprint density at radius 3 is 2.59 bits per heavy atom. The molecular weight excluding hydrogens is 514 g/mol. The molecule has 4 aromatic heterocycles. The number of para-hydroxylation sites is 1. The highest BCUT2D eigenvalue weighted by atomic mass is 35.5. The molecule has 9 heteroatoms. The number of aliphatic hydroxyl groups excluding tert-OH is 1. The summed E-state index contributed by atoms with van der Waals surface area (Å²) in [5.41, 5.74) is 12.6. The van der Waals surface area contributed by atoms with Gasteiger partial charge in [-0.1, -0.05) is 29.8 Å². The SMILES string of the molecule is Cc1cc(Cl)c(COc2cccc3c(-c4ccc(CO)n4C)cc(C)nc23)c(Cn2cccc(CN)c2=O)n1. The third-order valence-corrected chi connectivity index (χ3v) is 7.23. The second-order valence-electron chi connectivity index (χ2n) is 9.52. The number of rotatable bonds is 8. The summed E-state index contributed by atoms with van der Waals surface area (Å²) < 4.78 is 9.90. The van der Waals surface area contributed by atoms with E-state index in [1.54, 1.807) is 29.0 Å². The van der Waals surface area contributed by atoms with Gasteiger partial charge >= 0.3 is 0 Å². The van der Waals surface area contributed by atoms with Gasteiger partial charge in [0, 0.05) is 64.6 Å². The van der Waals surface area contributed by atoms with Crippen LogP contribution in [-0.4, -0.2) is 24.2 Å². The lowest BCUT2D eigenvalue weighted by molar-refractivity contribution is 0.273. The maximum atomic E-state index is 12.8. The molecule has 5 rings (SSSR count). The van der Waals surface area contributed by atoms with Gasteiger partial charge in [0.1, 0.15) is 17.9 Å². The first-order valence-electron chi connectivity index (χ1n) is 12.6. The number of aromatic nitrogens is 4. The number of hydrogen-bond acceptors (Lipinski definition) is 6. The molecule has 0 fully saturated rings. The molecule has 1 aromatic carbocycles. The highest BCUT2D eigenvalue weighted by Crippen LogP contribution is 2.34. The van der Waals surface area contributed by atoms with E-state index >= 15 is 0 Å². The summed E-state index contributed by atoms with van der Waals surface area (Å²) in [4.78, 5) is 22.3. The average Bonchev–Trinajstić information content (AvgIpc) is 3.29. The summed E-state index contributed by atoms with van der Waals surface area (Å²) in [5, 5.41) is 11.1. The van der Waals surface area contributed by atoms with Crippen LogP contribution in [0.2, 0.25) is 5.02 Å². The predicted molar refractivity (Wildman–Crippen MR) is 153 cm³/mol. The number of nitrogens with zero attached hydrogens (tertiary/aromatic N) is 4. The van der Waals surface area contributed by atoms with Crippen LogP contribution in [0.25, 0.3) is 22.2 Å². The number of ether oxygens (including phenoxy) is 1. The molecule has 0 spiro atoms. The maximum Gasteiger partial charge on any atom is 0.255 e. The van der Waals surface area contributed by atoms with Crippen molar-refractivity contribution in [3.8, 4) is 17.0 Å². The maximum absolute atomic E-state index is 12.8. The second-order valence-corrected chi connectivity index (χ2v) is 9.93. The fourth-order valence-electron chi connectivity index (χ4n) is 4.84. The first-order valence-corrected chi connectivity index (χ1v) is 13.0. The van der Waals surface area contributed by atoms with E-state index in [0.29, 0.717) is 27.6 Å². The van der Waals surface area contributed by atoms with Crippen molar-refractivity contribution in [2.45, 2.75) is 40.2 Å². The molecule has 39 heavy (non-hydrogen) atoms. The molecule has 0 saturated heterocycles. The molecule has 5 aromatic rings. The molecule has 8 nitrogen and oxygen atoms in total. The number of nitrogens with two attached hydrogens (primary N) is 1. The number of benzene rings is 1. The smallest absolute Gasteiger partial charge is 0.255 e. The molecule has 3 N–H and O–H groups in total. The van der Waals surface area contributed by atoms with Crippen LogP contribution in [0, 0.1) is 13.8 Å². The van der Waals surface area contributed by atoms with Crippen LogP contribution in [0.3, 0.4) is 0 Å². The largest absolute Gasteiger partial charge is 0.486 e. The Morgan fingerprint density at radius 1 is 1.05 bits per heavy atom. The Bertz CT molecular complexity index is 1740. The van der Waals surface area contributed by atoms with Crippen molar-refractivity contribution in [3.05, 3.63) is 110 Å². The van der Waals surface area contributed by atoms with Crippen LogP contribution in [0.1, 0.15) is 33.9 Å². The van der Waals surface area contributed by atoms with Crippen LogP contribution in [0.15, 0.2) is 65.6 Å². The van der Waals surface area contributed by atoms with E-state index in [9.17, 15) is 9.90 Å². The van der Waals surface area contributed by atoms with Crippen molar-refractivity contribution < 1.29 is 9.84 Å². The van der Waals surface area contributed by atoms with Gasteiger partial charge in [-0.05, 0) is 50.2 Å². The minimum Gasteiger partial charge on any atom is -0.486 e. The Balaban J connectivity index is 1.52. The van der Waals surface area contributed by atoms with E-state index in [1.165, 1.54) is 0 Å². The first kappa shape index (κ1) is 26.6. The van der Waals surface area contributed by atoms with Gasteiger partial charge in [0.25, 0.3) is 5.56 Å². The van der Waals surface area contributed by atoms with E-state index < -0.39 is 0 Å². The van der Waals surface area contributed by atoms with Gasteiger partial charge < -0.3 is 24.7 Å². The fraction of sp³-hybridized carbons (Fsp3) is 0.233. The van der Waals surface area contributed by atoms with E-state index in [0.717, 1.165) is 39.2 Å². The lowest BCUT2D eigenvalue weighted by Gasteiger charge is -2.16. The Labute approximate surface area is 231 Å². The van der Waals surface area contributed by atoms with Crippen LogP contribution in [0.5, 0.6) is 5.75 Å². The first-order chi connectivity index (χ1) is 18.8. The lowest BCUT2D eigenvalue weighted by Crippen LogP contribution is -2.26. The third-order valence-electron chi connectivity index (χ3n) is 6.89. The van der Waals surface area contributed by atoms with E-state index in [4.69, 9.17) is 32.0 Å². The summed E-state index contributed by atoms with van der Waals surface area (Å²) in [7, 11) is 1.94. The molecule has 200 valence electrons. The minimum atomic E-state index is -0.155. The number of halogens is 1. The van der Waals surface area contributed by atoms with Gasteiger partial charge in [0.15, 0.2) is 0 Å². The number of aryl methyl sites for hydroxylation is 2. The molecule has 0 atom stereocenters. The van der Waals surface area contributed by atoms with Crippen molar-refractivity contribution in [1.29, 1.82) is 0 Å². The monoisotopic (exact) mass is 543 g/mol. The van der Waals surface area contributed by atoms with Crippen LogP contribution >= 0.6 is 11.6 Å². The molecule has 0 bridgehead atoms. The zero-order valence-electron chi connectivity index (χ0n) is 22.1. The average molecular weight is 544 g/mol. The molecule has 0 aliphatic carbocycles. The van der Waals surface area contributed by atoms with Crippen LogP contribution in [-0.2, 0) is 33.4 Å². The summed E-state index contributed by atoms with van der Waals surface area (Å²) in [5.74, 6) is 0.610. The van der Waals surface area contributed by atoms with Crippen molar-refractivity contribution in [2.24, 2.45) is 12.8 Å². The molecule has 0 saturated carbocycles. The summed E-state index contributed by atoms with van der Waals surface area (Å²) >= 11 is 6.68. The quantitative estimate of drug-likeness (QED) is 0.295. The molecule has 0 amide bonds. The number of aliphatic hydroxyl groups is 1. The summed E-state index contributed by atoms with van der Waals surface area (Å²) in [6.07, 6.45) is 1.72. The third kappa shape index (κ3) is 5.18. The highest BCUT2D eigenvalue weighted by Gasteiger charge is 2.17. The van der Waals surface area contributed by atoms with Crippen molar-refractivity contribution in [2.75, 3.05) is 0 Å². The van der Waals surface area contributed by atoms with Crippen molar-refractivity contribution in [1.82, 2.24) is 19.1 Å². The van der Waals surface area contributed by atoms with E-state index in [-0.39, 0.29) is 31.9 Å². The highest BCUT2D eigenvalue weighted by molar-refractivity contribution is 6.31. The zero-order chi connectivity index (χ0) is 27.7. The summed E-state index contributed by atoms with van der Waals surface area (Å²) in [6, 6.07) is 17.1. The molecule has 0 radical (unpaired) electrons. The topological polar surface area (TPSA) is 108 Å². The van der Waals surface area contributed by atoms with Gasteiger partial charge in [-0.2, -0.15) is 0 Å². The fourth-order valence-corrected chi connectivity index (χ4v) is 5.16. The second kappa shape index (κ2) is 11.0. The van der Waals surface area contributed by atoms with Crippen molar-refractivity contribution >= 4 is 22.5 Å². The molecule has 4 heterocycles. The van der Waals surface area contributed by atoms with E-state index in [1.807, 2.05) is 61.9 Å². The molecule has 0 aliphatic rings. The van der Waals surface area contributed by atoms with Crippen molar-refractivity contribution in [3.63, 3.8) is 0 Å². The minimum absolute atomic E-state index is 0.0385. The standard InChI is InChI=1S/C30H30ClN5O3/c1-18-12-23(27-10-9-21(16-37)35(27)3)22-7-4-8-28(29(22)34-18)39-17-24-25(31)13-19(2)33-26(24)15-36-11-5-6-20(14-32)30(36)38/h4-13,37H,14-17,32H2,1-3H3. The predicted octanol–water partition coefficient (Wildman–Crippen LogP) is 4.65. The Morgan fingerprint density at radius 2 is 1.85 bits per heavy atom. The number of pyridine rings is 3. The van der Waals surface area contributed by atoms with Gasteiger partial charge in [0.05, 0.1) is 23.9 Å². The number of hydrogen-bond donors (Lipinski definition) is 2. The van der Waals surface area contributed by atoms with Crippen LogP contribution < -0.4 is 16.0 Å². The van der Waals surface area contributed by atoms with Crippen LogP contribution in [0.4, 0.5) is 0 Å². The van der Waals surface area contributed by atoms with Gasteiger partial charge in [0.2, 0.25) is 0 Å². The van der Waals surface area contributed by atoms with E-state index in [2.05, 4.69) is 0 Å². The Kier molecular flexibility index (Phi) is 7.52. The van der Waals surface area contributed by atoms with Gasteiger partial charge in [-0.15, -0.1) is 0 Å².